The number of carbonyl (C=O) groups is 1. The van der Waals surface area contributed by atoms with Gasteiger partial charge in [0.2, 0.25) is 0 Å². The van der Waals surface area contributed by atoms with Gasteiger partial charge in [0.1, 0.15) is 0 Å². The maximum atomic E-state index is 11.4. The number of carbonyl (C=O) groups excluding carboxylic acids is 1. The van der Waals surface area contributed by atoms with Gasteiger partial charge in [0.25, 0.3) is 5.91 Å². The van der Waals surface area contributed by atoms with Crippen LogP contribution in [-0.4, -0.2) is 22.5 Å². The van der Waals surface area contributed by atoms with E-state index in [1.807, 2.05) is 0 Å². The molecule has 1 heterocycles. The van der Waals surface area contributed by atoms with Gasteiger partial charge in [-0.05, 0) is 12.1 Å². The normalized spacial score (nSPS) is 10.7. The van der Waals surface area contributed by atoms with E-state index in [9.17, 15) is 10.0 Å². The molecule has 90 valence electrons. The first-order valence-corrected chi connectivity index (χ1v) is 5.62. The van der Waals surface area contributed by atoms with Crippen LogP contribution < -0.4 is 16.8 Å². The second-order valence-electron chi connectivity index (χ2n) is 3.44. The molecule has 1 aromatic heterocycles. The Bertz CT molecular complexity index is 593. The number of aromatic nitrogens is 1. The molecule has 2 aromatic rings. The molecular weight excluding hydrogens is 288 g/mol. The van der Waals surface area contributed by atoms with Gasteiger partial charge in [-0.1, -0.05) is 22.0 Å². The zero-order chi connectivity index (χ0) is 12.6. The minimum Gasteiger partial charge on any atom is -0.426 e. The minimum absolute atomic E-state index is 0.0817. The summed E-state index contributed by atoms with van der Waals surface area (Å²) in [5.41, 5.74) is 11.4. The highest BCUT2D eigenvalue weighted by atomic mass is 79.9. The van der Waals surface area contributed by atoms with Crippen molar-refractivity contribution in [2.45, 2.75) is 0 Å². The van der Waals surface area contributed by atoms with Crippen molar-refractivity contribution in [1.82, 2.24) is 4.73 Å². The molecule has 0 bridgehead atoms. The Balaban J connectivity index is 2.82. The van der Waals surface area contributed by atoms with Gasteiger partial charge in [0.05, 0.1) is 17.7 Å². The number of nitrogens with zero attached hydrogens (tertiary/aromatic N) is 1. The first-order valence-electron chi connectivity index (χ1n) is 4.83. The first kappa shape index (κ1) is 11.7. The molecule has 6 N–H and O–H groups in total. The minimum atomic E-state index is -0.624. The predicted molar refractivity (Wildman–Crippen MR) is 68.0 cm³/mol. The fourth-order valence-corrected chi connectivity index (χ4v) is 2.10. The summed E-state index contributed by atoms with van der Waals surface area (Å²) in [5.74, 6) is -0.422. The van der Waals surface area contributed by atoms with Gasteiger partial charge < -0.3 is 22.0 Å². The number of halogens is 1. The second kappa shape index (κ2) is 4.27. The van der Waals surface area contributed by atoms with Gasteiger partial charge in [0, 0.05) is 9.86 Å². The highest BCUT2D eigenvalue weighted by Gasteiger charge is 2.20. The summed E-state index contributed by atoms with van der Waals surface area (Å²) < 4.78 is 1.65. The van der Waals surface area contributed by atoms with E-state index in [0.29, 0.717) is 10.9 Å². The van der Waals surface area contributed by atoms with Gasteiger partial charge in [-0.2, -0.15) is 4.73 Å². The van der Waals surface area contributed by atoms with E-state index in [4.69, 9.17) is 11.5 Å². The zero-order valence-corrected chi connectivity index (χ0v) is 10.4. The zero-order valence-electron chi connectivity index (χ0n) is 8.77. The Morgan fingerprint density at radius 1 is 1.53 bits per heavy atom. The van der Waals surface area contributed by atoms with Crippen LogP contribution in [0.15, 0.2) is 22.7 Å². The third-order valence-corrected chi connectivity index (χ3v) is 2.92. The molecule has 0 aliphatic rings. The largest absolute Gasteiger partial charge is 0.426 e. The van der Waals surface area contributed by atoms with Gasteiger partial charge >= 0.3 is 0 Å². The van der Waals surface area contributed by atoms with Crippen molar-refractivity contribution >= 4 is 38.6 Å². The van der Waals surface area contributed by atoms with Gasteiger partial charge in [-0.3, -0.25) is 4.79 Å². The van der Waals surface area contributed by atoms with E-state index in [0.717, 1.165) is 9.20 Å². The molecule has 6 nitrogen and oxygen atoms in total. The molecule has 0 fully saturated rings. The SMILES string of the molecule is NCNc1c(C(N)=O)c2ccc(Br)cc2n1O. The van der Waals surface area contributed by atoms with E-state index in [1.165, 1.54) is 0 Å². The van der Waals surface area contributed by atoms with E-state index in [1.54, 1.807) is 18.2 Å². The van der Waals surface area contributed by atoms with Crippen molar-refractivity contribution in [3.05, 3.63) is 28.2 Å². The van der Waals surface area contributed by atoms with Gasteiger partial charge in [0.15, 0.2) is 5.82 Å². The number of amides is 1. The van der Waals surface area contributed by atoms with Crippen LogP contribution in [0.1, 0.15) is 10.4 Å². The first-order chi connectivity index (χ1) is 8.06. The van der Waals surface area contributed by atoms with E-state index in [-0.39, 0.29) is 18.1 Å². The summed E-state index contributed by atoms with van der Waals surface area (Å²) in [6, 6.07) is 5.15. The summed E-state index contributed by atoms with van der Waals surface area (Å²) in [6.07, 6.45) is 0. The van der Waals surface area contributed by atoms with Crippen LogP contribution in [0.25, 0.3) is 10.9 Å². The molecule has 2 rings (SSSR count). The number of hydrogen-bond acceptors (Lipinski definition) is 4. The van der Waals surface area contributed by atoms with Gasteiger partial charge in [-0.15, -0.1) is 0 Å². The summed E-state index contributed by atoms with van der Waals surface area (Å²) in [7, 11) is 0. The van der Waals surface area contributed by atoms with Crippen molar-refractivity contribution in [2.75, 3.05) is 12.0 Å². The van der Waals surface area contributed by atoms with E-state index in [2.05, 4.69) is 21.2 Å². The van der Waals surface area contributed by atoms with Crippen molar-refractivity contribution in [2.24, 2.45) is 11.5 Å². The number of fused-ring (bicyclic) bond motifs is 1. The lowest BCUT2D eigenvalue weighted by atomic mass is 10.1. The average Bonchev–Trinajstić information content (AvgIpc) is 2.54. The lowest BCUT2D eigenvalue weighted by molar-refractivity contribution is 0.100. The van der Waals surface area contributed by atoms with Crippen LogP contribution in [0.3, 0.4) is 0 Å². The summed E-state index contributed by atoms with van der Waals surface area (Å²) >= 11 is 3.29. The lowest BCUT2D eigenvalue weighted by Gasteiger charge is -2.05. The fourth-order valence-electron chi connectivity index (χ4n) is 1.75. The van der Waals surface area contributed by atoms with Crippen molar-refractivity contribution in [3.8, 4) is 0 Å². The maximum absolute atomic E-state index is 11.4. The van der Waals surface area contributed by atoms with Crippen molar-refractivity contribution in [1.29, 1.82) is 0 Å². The number of rotatable bonds is 3. The molecule has 0 saturated carbocycles. The molecular formula is C10H11BrN4O2. The molecule has 0 aliphatic carbocycles. The number of anilines is 1. The third kappa shape index (κ3) is 1.83. The summed E-state index contributed by atoms with van der Waals surface area (Å²) in [4.78, 5) is 11.4. The number of hydrogen-bond donors (Lipinski definition) is 4. The monoisotopic (exact) mass is 298 g/mol. The predicted octanol–water partition coefficient (Wildman–Crippen LogP) is 1.07. The standard InChI is InChI=1S/C10H11BrN4O2/c11-5-1-2-6-7(3-5)15(17)10(14-4-12)8(6)9(13)16/h1-3,14,17H,4,12H2,(H2,13,16). The molecule has 17 heavy (non-hydrogen) atoms. The van der Waals surface area contributed by atoms with E-state index >= 15 is 0 Å². The summed E-state index contributed by atoms with van der Waals surface area (Å²) in [5, 5.41) is 13.2. The van der Waals surface area contributed by atoms with Gasteiger partial charge in [-0.25, -0.2) is 0 Å². The Morgan fingerprint density at radius 2 is 2.24 bits per heavy atom. The molecule has 0 atom stereocenters. The summed E-state index contributed by atoms with van der Waals surface area (Å²) in [6.45, 7) is 0.0817. The number of primary amides is 1. The molecule has 0 radical (unpaired) electrons. The highest BCUT2D eigenvalue weighted by molar-refractivity contribution is 9.10. The van der Waals surface area contributed by atoms with E-state index < -0.39 is 5.91 Å². The maximum Gasteiger partial charge on any atom is 0.253 e. The molecule has 1 amide bonds. The number of benzene rings is 1. The molecule has 1 aromatic carbocycles. The molecule has 0 aliphatic heterocycles. The molecule has 0 spiro atoms. The highest BCUT2D eigenvalue weighted by Crippen LogP contribution is 2.30. The topological polar surface area (TPSA) is 106 Å². The third-order valence-electron chi connectivity index (χ3n) is 2.42. The number of nitrogens with two attached hydrogens (primary N) is 2. The average molecular weight is 299 g/mol. The second-order valence-corrected chi connectivity index (χ2v) is 4.36. The fraction of sp³-hybridized carbons (Fsp3) is 0.100. The molecule has 0 saturated heterocycles. The quantitative estimate of drug-likeness (QED) is 0.502. The van der Waals surface area contributed by atoms with Crippen LogP contribution in [-0.2, 0) is 0 Å². The van der Waals surface area contributed by atoms with Crippen LogP contribution in [0.5, 0.6) is 0 Å². The van der Waals surface area contributed by atoms with Crippen molar-refractivity contribution in [3.63, 3.8) is 0 Å². The Kier molecular flexibility index (Phi) is 2.95. The van der Waals surface area contributed by atoms with Crippen LogP contribution in [0.2, 0.25) is 0 Å². The molecule has 0 unspecified atom stereocenters. The van der Waals surface area contributed by atoms with Crippen LogP contribution >= 0.6 is 15.9 Å². The Labute approximate surface area is 105 Å². The Morgan fingerprint density at radius 3 is 2.82 bits per heavy atom. The molecule has 7 heteroatoms. The smallest absolute Gasteiger partial charge is 0.253 e. The lowest BCUT2D eigenvalue weighted by Crippen LogP contribution is -2.18. The van der Waals surface area contributed by atoms with Crippen LogP contribution in [0.4, 0.5) is 5.82 Å². The number of nitrogens with one attached hydrogen (secondary N) is 1. The Hall–Kier alpha value is -1.73. The van der Waals surface area contributed by atoms with Crippen molar-refractivity contribution < 1.29 is 10.0 Å². The van der Waals surface area contributed by atoms with Crippen LogP contribution in [0, 0.1) is 0 Å².